The van der Waals surface area contributed by atoms with Crippen molar-refractivity contribution in [3.05, 3.63) is 18.3 Å². The Morgan fingerprint density at radius 3 is 2.55 bits per heavy atom. The number of carbonyl (C=O) groups is 1. The highest BCUT2D eigenvalue weighted by atomic mass is 32.2. The molecule has 0 radical (unpaired) electrons. The topological polar surface area (TPSA) is 100 Å². The molecule has 1 amide bonds. The number of carbonyl (C=O) groups excluding carboxylic acids is 1. The molecule has 0 bridgehead atoms. The first-order valence-electron chi connectivity index (χ1n) is 6.08. The Morgan fingerprint density at radius 2 is 2.00 bits per heavy atom. The van der Waals surface area contributed by atoms with Crippen LogP contribution >= 0.6 is 0 Å². The predicted octanol–water partition coefficient (Wildman–Crippen LogP) is 0.174. The van der Waals surface area contributed by atoms with E-state index >= 15 is 0 Å². The van der Waals surface area contributed by atoms with Gasteiger partial charge in [-0.05, 0) is 19.9 Å². The van der Waals surface area contributed by atoms with Gasteiger partial charge in [0.15, 0.2) is 0 Å². The molecule has 0 saturated heterocycles. The van der Waals surface area contributed by atoms with E-state index in [1.807, 2.05) is 0 Å². The van der Waals surface area contributed by atoms with Crippen LogP contribution in [0.15, 0.2) is 23.2 Å². The van der Waals surface area contributed by atoms with E-state index in [4.69, 9.17) is 0 Å². The maximum Gasteiger partial charge on any atom is 0.240 e. The number of hydrogen-bond acceptors (Lipinski definition) is 5. The van der Waals surface area contributed by atoms with Crippen molar-refractivity contribution in [2.24, 2.45) is 5.41 Å². The Morgan fingerprint density at radius 1 is 1.35 bits per heavy atom. The van der Waals surface area contributed by atoms with Crippen molar-refractivity contribution in [1.82, 2.24) is 15.0 Å². The molecule has 0 aromatic carbocycles. The van der Waals surface area contributed by atoms with Crippen LogP contribution in [-0.2, 0) is 14.8 Å². The standard InChI is InChI=1S/C12H20N4O3S/c1-12(2,11(17)14-4)8-16-20(18,19)9-5-6-15-10(7-9)13-3/h5-7,16H,8H2,1-4H3,(H,13,15)(H,14,17). The van der Waals surface area contributed by atoms with Crippen LogP contribution in [0.25, 0.3) is 0 Å². The van der Waals surface area contributed by atoms with Crippen LogP contribution < -0.4 is 15.4 Å². The van der Waals surface area contributed by atoms with Gasteiger partial charge in [-0.2, -0.15) is 0 Å². The third-order valence-corrected chi connectivity index (χ3v) is 4.24. The van der Waals surface area contributed by atoms with Crippen molar-refractivity contribution in [3.8, 4) is 0 Å². The zero-order valence-corrected chi connectivity index (χ0v) is 12.8. The molecule has 3 N–H and O–H groups in total. The van der Waals surface area contributed by atoms with Gasteiger partial charge in [0.2, 0.25) is 15.9 Å². The third-order valence-electron chi connectivity index (χ3n) is 2.84. The van der Waals surface area contributed by atoms with E-state index < -0.39 is 15.4 Å². The zero-order chi connectivity index (χ0) is 15.4. The summed E-state index contributed by atoms with van der Waals surface area (Å²) >= 11 is 0. The quantitative estimate of drug-likeness (QED) is 0.695. The van der Waals surface area contributed by atoms with Gasteiger partial charge in [-0.3, -0.25) is 4.79 Å². The van der Waals surface area contributed by atoms with E-state index in [9.17, 15) is 13.2 Å². The lowest BCUT2D eigenvalue weighted by molar-refractivity contribution is -0.128. The van der Waals surface area contributed by atoms with Gasteiger partial charge < -0.3 is 10.6 Å². The molecule has 0 aliphatic heterocycles. The number of rotatable bonds is 6. The smallest absolute Gasteiger partial charge is 0.240 e. The van der Waals surface area contributed by atoms with Crippen molar-refractivity contribution >= 4 is 21.7 Å². The van der Waals surface area contributed by atoms with Gasteiger partial charge in [0.1, 0.15) is 5.82 Å². The molecule has 0 aliphatic carbocycles. The molecule has 1 heterocycles. The maximum atomic E-state index is 12.2. The molecule has 20 heavy (non-hydrogen) atoms. The first kappa shape index (κ1) is 16.4. The van der Waals surface area contributed by atoms with Crippen molar-refractivity contribution in [1.29, 1.82) is 0 Å². The number of nitrogens with zero attached hydrogens (tertiary/aromatic N) is 1. The lowest BCUT2D eigenvalue weighted by Gasteiger charge is -2.22. The summed E-state index contributed by atoms with van der Waals surface area (Å²) < 4.78 is 26.8. The van der Waals surface area contributed by atoms with Gasteiger partial charge in [0.05, 0.1) is 10.3 Å². The molecule has 7 nitrogen and oxygen atoms in total. The monoisotopic (exact) mass is 300 g/mol. The van der Waals surface area contributed by atoms with Crippen LogP contribution in [0, 0.1) is 5.41 Å². The van der Waals surface area contributed by atoms with Crippen molar-refractivity contribution < 1.29 is 13.2 Å². The summed E-state index contributed by atoms with van der Waals surface area (Å²) in [6.07, 6.45) is 1.41. The number of amides is 1. The first-order chi connectivity index (χ1) is 9.23. The number of pyridine rings is 1. The molecule has 1 rings (SSSR count). The largest absolute Gasteiger partial charge is 0.373 e. The average molecular weight is 300 g/mol. The van der Waals surface area contributed by atoms with E-state index in [1.54, 1.807) is 20.9 Å². The number of anilines is 1. The van der Waals surface area contributed by atoms with Gasteiger partial charge in [-0.1, -0.05) is 0 Å². The molecule has 0 aliphatic rings. The molecule has 112 valence electrons. The van der Waals surface area contributed by atoms with Gasteiger partial charge in [0, 0.05) is 32.9 Å². The minimum Gasteiger partial charge on any atom is -0.373 e. The first-order valence-corrected chi connectivity index (χ1v) is 7.57. The van der Waals surface area contributed by atoms with Gasteiger partial charge >= 0.3 is 0 Å². The predicted molar refractivity (Wildman–Crippen MR) is 76.8 cm³/mol. The number of hydrogen-bond donors (Lipinski definition) is 3. The molecule has 0 unspecified atom stereocenters. The minimum absolute atomic E-state index is 0.00617. The van der Waals surface area contributed by atoms with E-state index in [-0.39, 0.29) is 17.3 Å². The van der Waals surface area contributed by atoms with Crippen LogP contribution in [0.2, 0.25) is 0 Å². The summed E-state index contributed by atoms with van der Waals surface area (Å²) in [5.41, 5.74) is -0.833. The van der Waals surface area contributed by atoms with Crippen molar-refractivity contribution in [2.75, 3.05) is 26.0 Å². The molecule has 0 atom stereocenters. The zero-order valence-electron chi connectivity index (χ0n) is 12.0. The van der Waals surface area contributed by atoms with E-state index in [2.05, 4.69) is 20.3 Å². The molecule has 0 spiro atoms. The fraction of sp³-hybridized carbons (Fsp3) is 0.500. The highest BCUT2D eigenvalue weighted by Crippen LogP contribution is 2.16. The SMILES string of the molecule is CNC(=O)C(C)(C)CNS(=O)(=O)c1ccnc(NC)c1. The van der Waals surface area contributed by atoms with Crippen LogP contribution in [0.4, 0.5) is 5.82 Å². The Bertz CT molecular complexity index is 584. The Balaban J connectivity index is 2.88. The molecule has 0 fully saturated rings. The Labute approximate surface area is 119 Å². The van der Waals surface area contributed by atoms with Crippen LogP contribution in [-0.4, -0.2) is 39.9 Å². The lowest BCUT2D eigenvalue weighted by Crippen LogP contribution is -2.43. The van der Waals surface area contributed by atoms with Gasteiger partial charge in [-0.25, -0.2) is 18.1 Å². The molecule has 0 saturated carbocycles. The number of sulfonamides is 1. The van der Waals surface area contributed by atoms with E-state index in [0.29, 0.717) is 5.82 Å². The average Bonchev–Trinajstić information content (AvgIpc) is 2.44. The van der Waals surface area contributed by atoms with Crippen molar-refractivity contribution in [2.45, 2.75) is 18.7 Å². The second-order valence-electron chi connectivity index (χ2n) is 4.91. The van der Waals surface area contributed by atoms with E-state index in [0.717, 1.165) is 0 Å². The van der Waals surface area contributed by atoms with Crippen LogP contribution in [0.5, 0.6) is 0 Å². The molecule has 1 aromatic rings. The molecular formula is C12H20N4O3S. The number of nitrogens with one attached hydrogen (secondary N) is 3. The third kappa shape index (κ3) is 3.91. The summed E-state index contributed by atoms with van der Waals surface area (Å²) in [6, 6.07) is 2.82. The van der Waals surface area contributed by atoms with Crippen LogP contribution in [0.1, 0.15) is 13.8 Å². The second kappa shape index (κ2) is 6.19. The minimum atomic E-state index is -3.68. The molecule has 8 heteroatoms. The normalized spacial score (nSPS) is 12.0. The maximum absolute atomic E-state index is 12.2. The fourth-order valence-corrected chi connectivity index (χ4v) is 2.72. The number of aromatic nitrogens is 1. The summed E-state index contributed by atoms with van der Waals surface area (Å²) in [7, 11) is -0.510. The second-order valence-corrected chi connectivity index (χ2v) is 6.68. The highest BCUT2D eigenvalue weighted by molar-refractivity contribution is 7.89. The fourth-order valence-electron chi connectivity index (χ4n) is 1.49. The van der Waals surface area contributed by atoms with E-state index in [1.165, 1.54) is 25.4 Å². The highest BCUT2D eigenvalue weighted by Gasteiger charge is 2.28. The summed E-state index contributed by atoms with van der Waals surface area (Å²) in [4.78, 5) is 15.7. The molecule has 1 aromatic heterocycles. The summed E-state index contributed by atoms with van der Waals surface area (Å²) in [5, 5.41) is 5.28. The Kier molecular flexibility index (Phi) is 5.07. The van der Waals surface area contributed by atoms with Gasteiger partial charge in [-0.15, -0.1) is 0 Å². The Hall–Kier alpha value is -1.67. The van der Waals surface area contributed by atoms with Gasteiger partial charge in [0.25, 0.3) is 0 Å². The summed E-state index contributed by atoms with van der Waals surface area (Å²) in [5.74, 6) is 0.226. The van der Waals surface area contributed by atoms with Crippen LogP contribution in [0.3, 0.4) is 0 Å². The van der Waals surface area contributed by atoms with Crippen molar-refractivity contribution in [3.63, 3.8) is 0 Å². The lowest BCUT2D eigenvalue weighted by atomic mass is 9.93. The molecular weight excluding hydrogens is 280 g/mol. The summed E-state index contributed by atoms with van der Waals surface area (Å²) in [6.45, 7) is 3.34.